The summed E-state index contributed by atoms with van der Waals surface area (Å²) in [5, 5.41) is 3.05. The van der Waals surface area contributed by atoms with E-state index in [0.29, 0.717) is 11.5 Å². The molecule has 2 rings (SSSR count). The Morgan fingerprint density at radius 1 is 1.14 bits per heavy atom. The number of rotatable bonds is 8. The largest absolute Gasteiger partial charge is 0.497 e. The number of nitrogens with one attached hydrogen (secondary N) is 1. The van der Waals surface area contributed by atoms with E-state index in [1.807, 2.05) is 19.1 Å². The molecule has 1 N–H and O–H groups in total. The Kier molecular flexibility index (Phi) is 7.15. The van der Waals surface area contributed by atoms with E-state index in [-0.39, 0.29) is 23.3 Å². The molecule has 1 unspecified atom stereocenters. The standard InChI is InChI=1S/C19H23ClN2O5S/c1-13(14-5-8-16(26-2)9-6-14)21-19(23)12-22(28(4,24)25)15-7-10-18(27-3)17(20)11-15/h5-11,13H,12H2,1-4H3,(H,21,23). The number of halogens is 1. The maximum atomic E-state index is 12.5. The summed E-state index contributed by atoms with van der Waals surface area (Å²) in [5.74, 6) is 0.680. The molecule has 0 fully saturated rings. The van der Waals surface area contributed by atoms with Gasteiger partial charge in [0.25, 0.3) is 0 Å². The lowest BCUT2D eigenvalue weighted by Gasteiger charge is -2.24. The van der Waals surface area contributed by atoms with E-state index in [1.54, 1.807) is 25.3 Å². The van der Waals surface area contributed by atoms with Crippen LogP contribution >= 0.6 is 11.6 Å². The number of hydrogen-bond acceptors (Lipinski definition) is 5. The summed E-state index contributed by atoms with van der Waals surface area (Å²) < 4.78 is 35.6. The maximum absolute atomic E-state index is 12.5. The molecule has 0 aromatic heterocycles. The Morgan fingerprint density at radius 3 is 2.29 bits per heavy atom. The van der Waals surface area contributed by atoms with E-state index < -0.39 is 15.9 Å². The Labute approximate surface area is 170 Å². The Hall–Kier alpha value is -2.45. The first-order chi connectivity index (χ1) is 13.2. The van der Waals surface area contributed by atoms with Crippen molar-refractivity contribution in [3.05, 3.63) is 53.1 Å². The zero-order valence-corrected chi connectivity index (χ0v) is 17.7. The second-order valence-corrected chi connectivity index (χ2v) is 8.46. The van der Waals surface area contributed by atoms with Gasteiger partial charge in [0, 0.05) is 0 Å². The highest BCUT2D eigenvalue weighted by Gasteiger charge is 2.22. The first-order valence-corrected chi connectivity index (χ1v) is 10.6. The molecule has 0 aliphatic carbocycles. The number of carbonyl (C=O) groups excluding carboxylic acids is 1. The average molecular weight is 427 g/mol. The molecule has 0 spiro atoms. The third-order valence-electron chi connectivity index (χ3n) is 4.10. The molecule has 0 aliphatic rings. The number of ether oxygens (including phenoxy) is 2. The number of carbonyl (C=O) groups is 1. The van der Waals surface area contributed by atoms with Crippen molar-refractivity contribution < 1.29 is 22.7 Å². The number of nitrogens with zero attached hydrogens (tertiary/aromatic N) is 1. The van der Waals surface area contributed by atoms with E-state index in [4.69, 9.17) is 21.1 Å². The van der Waals surface area contributed by atoms with Crippen LogP contribution in [0.3, 0.4) is 0 Å². The molecular weight excluding hydrogens is 404 g/mol. The molecule has 152 valence electrons. The number of anilines is 1. The van der Waals surface area contributed by atoms with Crippen molar-refractivity contribution in [3.8, 4) is 11.5 Å². The Bertz CT molecular complexity index is 932. The van der Waals surface area contributed by atoms with Crippen LogP contribution in [0.5, 0.6) is 11.5 Å². The number of sulfonamides is 1. The minimum atomic E-state index is -3.70. The van der Waals surface area contributed by atoms with Crippen molar-refractivity contribution >= 4 is 33.2 Å². The quantitative estimate of drug-likeness (QED) is 0.701. The average Bonchev–Trinajstić information content (AvgIpc) is 2.65. The summed E-state index contributed by atoms with van der Waals surface area (Å²) in [6, 6.07) is 11.5. The lowest BCUT2D eigenvalue weighted by atomic mass is 10.1. The molecule has 2 aromatic rings. The van der Waals surface area contributed by atoms with E-state index in [9.17, 15) is 13.2 Å². The van der Waals surface area contributed by atoms with Gasteiger partial charge in [0.05, 0.1) is 37.2 Å². The van der Waals surface area contributed by atoms with Crippen LogP contribution in [0.4, 0.5) is 5.69 Å². The highest BCUT2D eigenvalue weighted by Crippen LogP contribution is 2.30. The lowest BCUT2D eigenvalue weighted by molar-refractivity contribution is -0.120. The van der Waals surface area contributed by atoms with Gasteiger partial charge in [-0.05, 0) is 42.8 Å². The van der Waals surface area contributed by atoms with Gasteiger partial charge < -0.3 is 14.8 Å². The van der Waals surface area contributed by atoms with E-state index in [1.165, 1.54) is 19.2 Å². The summed E-state index contributed by atoms with van der Waals surface area (Å²) in [4.78, 5) is 12.5. The highest BCUT2D eigenvalue weighted by molar-refractivity contribution is 7.92. The van der Waals surface area contributed by atoms with Crippen LogP contribution < -0.4 is 19.1 Å². The normalized spacial score (nSPS) is 12.2. The van der Waals surface area contributed by atoms with Crippen molar-refractivity contribution in [3.63, 3.8) is 0 Å². The van der Waals surface area contributed by atoms with Gasteiger partial charge in [0.2, 0.25) is 15.9 Å². The molecular formula is C19H23ClN2O5S. The van der Waals surface area contributed by atoms with Crippen molar-refractivity contribution in [1.82, 2.24) is 5.32 Å². The second kappa shape index (κ2) is 9.16. The van der Waals surface area contributed by atoms with Crippen LogP contribution in [0.1, 0.15) is 18.5 Å². The van der Waals surface area contributed by atoms with Crippen molar-refractivity contribution in [2.45, 2.75) is 13.0 Å². The molecule has 0 saturated heterocycles. The summed E-state index contributed by atoms with van der Waals surface area (Å²) >= 11 is 6.09. The molecule has 1 amide bonds. The molecule has 0 radical (unpaired) electrons. The van der Waals surface area contributed by atoms with E-state index in [0.717, 1.165) is 16.1 Å². The van der Waals surface area contributed by atoms with Gasteiger partial charge in [0.15, 0.2) is 0 Å². The number of hydrogen-bond donors (Lipinski definition) is 1. The summed E-state index contributed by atoms with van der Waals surface area (Å²) in [7, 11) is -0.666. The minimum absolute atomic E-state index is 0.251. The topological polar surface area (TPSA) is 84.9 Å². The molecule has 0 aliphatic heterocycles. The fourth-order valence-corrected chi connectivity index (χ4v) is 3.70. The predicted octanol–water partition coefficient (Wildman–Crippen LogP) is 3.00. The third kappa shape index (κ3) is 5.53. The molecule has 9 heteroatoms. The molecule has 0 bridgehead atoms. The van der Waals surface area contributed by atoms with Crippen LogP contribution in [0, 0.1) is 0 Å². The Morgan fingerprint density at radius 2 is 1.79 bits per heavy atom. The van der Waals surface area contributed by atoms with Crippen LogP contribution in [0.2, 0.25) is 5.02 Å². The lowest BCUT2D eigenvalue weighted by Crippen LogP contribution is -2.41. The molecule has 0 saturated carbocycles. The number of methoxy groups -OCH3 is 2. The summed E-state index contributed by atoms with van der Waals surface area (Å²) in [6.07, 6.45) is 1.03. The third-order valence-corrected chi connectivity index (χ3v) is 5.54. The number of amides is 1. The van der Waals surface area contributed by atoms with Gasteiger partial charge in [-0.15, -0.1) is 0 Å². The van der Waals surface area contributed by atoms with Crippen LogP contribution in [-0.4, -0.2) is 41.3 Å². The number of benzene rings is 2. The molecule has 28 heavy (non-hydrogen) atoms. The first kappa shape index (κ1) is 21.8. The fourth-order valence-electron chi connectivity index (χ4n) is 2.60. The predicted molar refractivity (Wildman–Crippen MR) is 110 cm³/mol. The zero-order chi connectivity index (χ0) is 20.9. The zero-order valence-electron chi connectivity index (χ0n) is 16.1. The van der Waals surface area contributed by atoms with Crippen molar-refractivity contribution in [2.75, 3.05) is 31.3 Å². The molecule has 2 aromatic carbocycles. The summed E-state index contributed by atoms with van der Waals surface area (Å²) in [6.45, 7) is 1.44. The first-order valence-electron chi connectivity index (χ1n) is 8.40. The van der Waals surface area contributed by atoms with Crippen molar-refractivity contribution in [2.24, 2.45) is 0 Å². The monoisotopic (exact) mass is 426 g/mol. The smallest absolute Gasteiger partial charge is 0.241 e. The van der Waals surface area contributed by atoms with Gasteiger partial charge in [-0.3, -0.25) is 9.10 Å². The van der Waals surface area contributed by atoms with E-state index in [2.05, 4.69) is 5.32 Å². The fraction of sp³-hybridized carbons (Fsp3) is 0.316. The van der Waals surface area contributed by atoms with Crippen molar-refractivity contribution in [1.29, 1.82) is 0 Å². The maximum Gasteiger partial charge on any atom is 0.241 e. The molecule has 0 heterocycles. The van der Waals surface area contributed by atoms with Gasteiger partial charge in [-0.1, -0.05) is 23.7 Å². The minimum Gasteiger partial charge on any atom is -0.497 e. The molecule has 7 nitrogen and oxygen atoms in total. The SMILES string of the molecule is COc1ccc(C(C)NC(=O)CN(c2ccc(OC)c(Cl)c2)S(C)(=O)=O)cc1. The van der Waals surface area contributed by atoms with Gasteiger partial charge >= 0.3 is 0 Å². The van der Waals surface area contributed by atoms with Gasteiger partial charge in [-0.25, -0.2) is 8.42 Å². The van der Waals surface area contributed by atoms with Gasteiger partial charge in [0.1, 0.15) is 18.0 Å². The van der Waals surface area contributed by atoms with Crippen LogP contribution in [0.25, 0.3) is 0 Å². The van der Waals surface area contributed by atoms with Crippen LogP contribution in [-0.2, 0) is 14.8 Å². The highest BCUT2D eigenvalue weighted by atomic mass is 35.5. The Balaban J connectivity index is 2.15. The van der Waals surface area contributed by atoms with Gasteiger partial charge in [-0.2, -0.15) is 0 Å². The van der Waals surface area contributed by atoms with E-state index >= 15 is 0 Å². The van der Waals surface area contributed by atoms with Crippen LogP contribution in [0.15, 0.2) is 42.5 Å². The second-order valence-electron chi connectivity index (χ2n) is 6.15. The molecule has 1 atom stereocenters. The summed E-state index contributed by atoms with van der Waals surface area (Å²) in [5.41, 5.74) is 1.15.